The largest absolute Gasteiger partial charge is 0.489 e. The minimum atomic E-state index is -0.403. The van der Waals surface area contributed by atoms with E-state index in [1.54, 1.807) is 24.7 Å². The molecule has 2 aromatic carbocycles. The predicted molar refractivity (Wildman–Crippen MR) is 84.6 cm³/mol. The van der Waals surface area contributed by atoms with E-state index in [9.17, 15) is 4.39 Å². The van der Waals surface area contributed by atoms with Crippen molar-refractivity contribution in [2.45, 2.75) is 6.42 Å². The van der Waals surface area contributed by atoms with Gasteiger partial charge < -0.3 is 9.72 Å². The molecule has 0 atom stereocenters. The van der Waals surface area contributed by atoms with Crippen molar-refractivity contribution in [3.63, 3.8) is 0 Å². The van der Waals surface area contributed by atoms with Gasteiger partial charge in [0.25, 0.3) is 0 Å². The van der Waals surface area contributed by atoms with Gasteiger partial charge in [-0.2, -0.15) is 0 Å². The van der Waals surface area contributed by atoms with Gasteiger partial charge >= 0.3 is 0 Å². The zero-order valence-electron chi connectivity index (χ0n) is 11.7. The maximum absolute atomic E-state index is 14.1. The molecule has 22 heavy (non-hydrogen) atoms. The minimum absolute atomic E-state index is 0.210. The molecule has 0 aliphatic carbocycles. The van der Waals surface area contributed by atoms with Gasteiger partial charge in [-0.3, -0.25) is 0 Å². The summed E-state index contributed by atoms with van der Waals surface area (Å²) in [5.74, 6) is -0.193. The number of benzene rings is 2. The zero-order chi connectivity index (χ0) is 15.4. The van der Waals surface area contributed by atoms with Crippen LogP contribution in [0.4, 0.5) is 4.39 Å². The van der Waals surface area contributed by atoms with Crippen LogP contribution in [0.15, 0.2) is 55.0 Å². The molecule has 1 heterocycles. The normalized spacial score (nSPS) is 10.6. The lowest BCUT2D eigenvalue weighted by Gasteiger charge is -2.11. The molecule has 3 nitrogen and oxygen atoms in total. The van der Waals surface area contributed by atoms with Crippen LogP contribution in [0.3, 0.4) is 0 Å². The second kappa shape index (κ2) is 6.62. The molecule has 0 spiro atoms. The molecule has 0 bridgehead atoms. The highest BCUT2D eigenvalue weighted by molar-refractivity contribution is 6.31. The van der Waals surface area contributed by atoms with Crippen molar-refractivity contribution in [3.05, 3.63) is 71.4 Å². The van der Waals surface area contributed by atoms with Gasteiger partial charge in [-0.05, 0) is 23.8 Å². The molecule has 5 heteroatoms. The fourth-order valence-electron chi connectivity index (χ4n) is 2.23. The maximum Gasteiger partial charge on any atom is 0.165 e. The number of H-pyrrole nitrogens is 1. The summed E-state index contributed by atoms with van der Waals surface area (Å²) >= 11 is 6.11. The van der Waals surface area contributed by atoms with Gasteiger partial charge in [-0.1, -0.05) is 35.9 Å². The van der Waals surface area contributed by atoms with Crippen LogP contribution in [0.5, 0.6) is 5.75 Å². The molecule has 0 aliphatic rings. The van der Waals surface area contributed by atoms with Crippen LogP contribution < -0.4 is 4.74 Å². The van der Waals surface area contributed by atoms with Gasteiger partial charge in [0, 0.05) is 23.2 Å². The molecular formula is C17H14ClFN2O. The Morgan fingerprint density at radius 1 is 1.14 bits per heavy atom. The summed E-state index contributed by atoms with van der Waals surface area (Å²) in [7, 11) is 0. The number of nitrogens with one attached hydrogen (secondary N) is 1. The summed E-state index contributed by atoms with van der Waals surface area (Å²) in [6.45, 7) is 0.335. The number of hydrogen-bond acceptors (Lipinski definition) is 2. The SMILES string of the molecule is Fc1cccc(-c2c[nH]cn2)c1OCCc1ccccc1Cl. The molecular weight excluding hydrogens is 303 g/mol. The lowest BCUT2D eigenvalue weighted by molar-refractivity contribution is 0.306. The number of hydrogen-bond donors (Lipinski definition) is 1. The first kappa shape index (κ1) is 14.6. The van der Waals surface area contributed by atoms with E-state index in [1.807, 2.05) is 24.3 Å². The average Bonchev–Trinajstić information content (AvgIpc) is 3.05. The number of aromatic amines is 1. The van der Waals surface area contributed by atoms with Crippen LogP contribution in [0.2, 0.25) is 5.02 Å². The van der Waals surface area contributed by atoms with Crippen LogP contribution in [0, 0.1) is 5.82 Å². The third-order valence-corrected chi connectivity index (χ3v) is 3.69. The monoisotopic (exact) mass is 316 g/mol. The van der Waals surface area contributed by atoms with Crippen LogP contribution >= 0.6 is 11.6 Å². The molecule has 3 aromatic rings. The van der Waals surface area contributed by atoms with E-state index in [0.29, 0.717) is 29.3 Å². The van der Waals surface area contributed by atoms with E-state index in [0.717, 1.165) is 5.56 Å². The lowest BCUT2D eigenvalue weighted by atomic mass is 10.1. The van der Waals surface area contributed by atoms with Crippen molar-refractivity contribution >= 4 is 11.6 Å². The summed E-state index contributed by atoms with van der Waals surface area (Å²) in [4.78, 5) is 7.00. The van der Waals surface area contributed by atoms with Gasteiger partial charge in [0.15, 0.2) is 11.6 Å². The fourth-order valence-corrected chi connectivity index (χ4v) is 2.46. The molecule has 0 fully saturated rings. The Labute approximate surface area is 132 Å². The van der Waals surface area contributed by atoms with E-state index in [2.05, 4.69) is 9.97 Å². The molecule has 3 rings (SSSR count). The molecule has 1 aromatic heterocycles. The van der Waals surface area contributed by atoms with Crippen molar-refractivity contribution < 1.29 is 9.13 Å². The first-order valence-electron chi connectivity index (χ1n) is 6.89. The summed E-state index contributed by atoms with van der Waals surface area (Å²) in [5.41, 5.74) is 2.24. The standard InChI is InChI=1S/C17H14ClFN2O/c18-14-6-2-1-4-12(14)8-9-22-17-13(5-3-7-15(17)19)16-10-20-11-21-16/h1-7,10-11H,8-9H2,(H,20,21). The van der Waals surface area contributed by atoms with Gasteiger partial charge in [0.1, 0.15) is 0 Å². The van der Waals surface area contributed by atoms with Crippen molar-refractivity contribution in [1.29, 1.82) is 0 Å². The highest BCUT2D eigenvalue weighted by Gasteiger charge is 2.13. The highest BCUT2D eigenvalue weighted by atomic mass is 35.5. The Bertz CT molecular complexity index is 759. The van der Waals surface area contributed by atoms with Crippen LogP contribution in [0.1, 0.15) is 5.56 Å². The third kappa shape index (κ3) is 3.12. The van der Waals surface area contributed by atoms with Gasteiger partial charge in [-0.25, -0.2) is 9.37 Å². The maximum atomic E-state index is 14.1. The predicted octanol–water partition coefficient (Wildman–Crippen LogP) is 4.49. The van der Waals surface area contributed by atoms with E-state index < -0.39 is 5.82 Å². The van der Waals surface area contributed by atoms with Crippen molar-refractivity contribution in [2.24, 2.45) is 0 Å². The summed E-state index contributed by atoms with van der Waals surface area (Å²) < 4.78 is 19.7. The second-order valence-electron chi connectivity index (χ2n) is 4.76. The molecule has 0 saturated heterocycles. The van der Waals surface area contributed by atoms with E-state index in [1.165, 1.54) is 6.07 Å². The fraction of sp³-hybridized carbons (Fsp3) is 0.118. The van der Waals surface area contributed by atoms with Gasteiger partial charge in [0.2, 0.25) is 0 Å². The van der Waals surface area contributed by atoms with Crippen molar-refractivity contribution in [1.82, 2.24) is 9.97 Å². The molecule has 1 N–H and O–H groups in total. The quantitative estimate of drug-likeness (QED) is 0.753. The zero-order valence-corrected chi connectivity index (χ0v) is 12.5. The molecule has 0 unspecified atom stereocenters. The Morgan fingerprint density at radius 2 is 2.00 bits per heavy atom. The number of ether oxygens (including phenoxy) is 1. The van der Waals surface area contributed by atoms with Crippen molar-refractivity contribution in [2.75, 3.05) is 6.61 Å². The molecule has 0 aliphatic heterocycles. The Balaban J connectivity index is 1.77. The number of rotatable bonds is 5. The number of nitrogens with zero attached hydrogens (tertiary/aromatic N) is 1. The molecule has 0 saturated carbocycles. The number of imidazole rings is 1. The highest BCUT2D eigenvalue weighted by Crippen LogP contribution is 2.31. The van der Waals surface area contributed by atoms with Crippen LogP contribution in [-0.2, 0) is 6.42 Å². The number of aromatic nitrogens is 2. The van der Waals surface area contributed by atoms with Gasteiger partial charge in [-0.15, -0.1) is 0 Å². The van der Waals surface area contributed by atoms with Gasteiger partial charge in [0.05, 0.1) is 18.6 Å². The topological polar surface area (TPSA) is 37.9 Å². The average molecular weight is 317 g/mol. The van der Waals surface area contributed by atoms with E-state index in [4.69, 9.17) is 16.3 Å². The Kier molecular flexibility index (Phi) is 4.39. The van der Waals surface area contributed by atoms with Crippen molar-refractivity contribution in [3.8, 4) is 17.0 Å². The van der Waals surface area contributed by atoms with E-state index in [-0.39, 0.29) is 5.75 Å². The summed E-state index contributed by atoms with van der Waals surface area (Å²) in [6.07, 6.45) is 3.86. The number of halogens is 2. The summed E-state index contributed by atoms with van der Waals surface area (Å²) in [6, 6.07) is 12.3. The number of para-hydroxylation sites is 1. The van der Waals surface area contributed by atoms with Crippen LogP contribution in [0.25, 0.3) is 11.3 Å². The molecule has 0 amide bonds. The summed E-state index contributed by atoms with van der Waals surface area (Å²) in [5, 5.41) is 0.687. The minimum Gasteiger partial charge on any atom is -0.489 e. The first-order chi connectivity index (χ1) is 10.8. The first-order valence-corrected chi connectivity index (χ1v) is 7.27. The second-order valence-corrected chi connectivity index (χ2v) is 5.17. The smallest absolute Gasteiger partial charge is 0.165 e. The van der Waals surface area contributed by atoms with Crippen LogP contribution in [-0.4, -0.2) is 16.6 Å². The Hall–Kier alpha value is -2.33. The Morgan fingerprint density at radius 3 is 2.77 bits per heavy atom. The molecule has 0 radical (unpaired) electrons. The molecule has 112 valence electrons. The van der Waals surface area contributed by atoms with E-state index >= 15 is 0 Å². The third-order valence-electron chi connectivity index (χ3n) is 3.32. The lowest BCUT2D eigenvalue weighted by Crippen LogP contribution is -2.04.